The summed E-state index contributed by atoms with van der Waals surface area (Å²) in [6, 6.07) is 20.5. The van der Waals surface area contributed by atoms with Gasteiger partial charge in [-0.15, -0.1) is 0 Å². The zero-order chi connectivity index (χ0) is 19.3. The lowest BCUT2D eigenvalue weighted by Gasteiger charge is -2.43. The average Bonchev–Trinajstić information content (AvgIpc) is 2.70. The number of allylic oxidation sites excluding steroid dienone is 1. The summed E-state index contributed by atoms with van der Waals surface area (Å²) in [5.74, 6) is 1.35. The molecule has 148 valence electrons. The molecule has 2 unspecified atom stereocenters. The van der Waals surface area contributed by atoms with Crippen LogP contribution in [0, 0.1) is 0 Å². The van der Waals surface area contributed by atoms with E-state index >= 15 is 0 Å². The van der Waals surface area contributed by atoms with Crippen molar-refractivity contribution in [2.75, 3.05) is 19.7 Å². The zero-order valence-electron chi connectivity index (χ0n) is 17.4. The zero-order valence-corrected chi connectivity index (χ0v) is 17.4. The van der Waals surface area contributed by atoms with Gasteiger partial charge < -0.3 is 4.74 Å². The summed E-state index contributed by atoms with van der Waals surface area (Å²) in [5.41, 5.74) is 6.02. The smallest absolute Gasteiger partial charge is 0.119 e. The average molecular weight is 376 g/mol. The third-order valence-electron chi connectivity index (χ3n) is 6.46. The van der Waals surface area contributed by atoms with Gasteiger partial charge in [0.2, 0.25) is 0 Å². The minimum atomic E-state index is 0.384. The van der Waals surface area contributed by atoms with Gasteiger partial charge in [0.15, 0.2) is 0 Å². The lowest BCUT2D eigenvalue weighted by atomic mass is 9.77. The van der Waals surface area contributed by atoms with Crippen LogP contribution in [0.1, 0.15) is 63.0 Å². The second kappa shape index (κ2) is 8.96. The van der Waals surface area contributed by atoms with Crippen LogP contribution in [0.5, 0.6) is 5.75 Å². The van der Waals surface area contributed by atoms with Crippen molar-refractivity contribution in [2.24, 2.45) is 0 Å². The molecule has 2 aromatic rings. The van der Waals surface area contributed by atoms with Gasteiger partial charge in [-0.3, -0.25) is 4.90 Å². The van der Waals surface area contributed by atoms with Crippen molar-refractivity contribution in [1.82, 2.24) is 4.90 Å². The first kappa shape index (κ1) is 19.3. The molecule has 4 rings (SSSR count). The van der Waals surface area contributed by atoms with E-state index in [4.69, 9.17) is 4.74 Å². The molecule has 1 saturated heterocycles. The first-order chi connectivity index (χ1) is 13.8. The maximum Gasteiger partial charge on any atom is 0.119 e. The number of benzene rings is 2. The third kappa shape index (κ3) is 4.03. The van der Waals surface area contributed by atoms with Gasteiger partial charge in [0.25, 0.3) is 0 Å². The quantitative estimate of drug-likeness (QED) is 0.588. The van der Waals surface area contributed by atoms with Crippen molar-refractivity contribution in [2.45, 2.75) is 57.9 Å². The monoisotopic (exact) mass is 375 g/mol. The van der Waals surface area contributed by atoms with Crippen LogP contribution in [-0.4, -0.2) is 30.6 Å². The Morgan fingerprint density at radius 2 is 1.75 bits per heavy atom. The van der Waals surface area contributed by atoms with Gasteiger partial charge >= 0.3 is 0 Å². The van der Waals surface area contributed by atoms with Crippen molar-refractivity contribution in [3.8, 4) is 5.75 Å². The predicted octanol–water partition coefficient (Wildman–Crippen LogP) is 6.29. The summed E-state index contributed by atoms with van der Waals surface area (Å²) in [5, 5.41) is 0. The molecule has 2 fully saturated rings. The molecule has 2 aromatic carbocycles. The fourth-order valence-electron chi connectivity index (χ4n) is 4.88. The first-order valence-electron chi connectivity index (χ1n) is 11.0. The molecule has 1 saturated carbocycles. The molecule has 0 spiro atoms. The molecule has 2 heteroatoms. The Balaban J connectivity index is 1.74. The van der Waals surface area contributed by atoms with Crippen molar-refractivity contribution in [3.05, 3.63) is 71.3 Å². The predicted molar refractivity (Wildman–Crippen MR) is 118 cm³/mol. The molecule has 2 atom stereocenters. The summed E-state index contributed by atoms with van der Waals surface area (Å²) >= 11 is 0. The number of likely N-dealkylation sites (tertiary alicyclic amines) is 1. The van der Waals surface area contributed by atoms with Gasteiger partial charge in [-0.05, 0) is 80.1 Å². The Morgan fingerprint density at radius 3 is 2.39 bits per heavy atom. The van der Waals surface area contributed by atoms with Crippen LogP contribution in [0.2, 0.25) is 0 Å². The Hall–Kier alpha value is -2.06. The van der Waals surface area contributed by atoms with Crippen molar-refractivity contribution in [3.63, 3.8) is 0 Å². The molecular weight excluding hydrogens is 342 g/mol. The van der Waals surface area contributed by atoms with E-state index in [1.54, 1.807) is 11.1 Å². The second-order valence-corrected chi connectivity index (χ2v) is 8.18. The summed E-state index contributed by atoms with van der Waals surface area (Å²) < 4.78 is 5.65. The molecule has 2 nitrogen and oxygen atoms in total. The molecule has 28 heavy (non-hydrogen) atoms. The normalized spacial score (nSPS) is 23.0. The van der Waals surface area contributed by atoms with E-state index in [1.165, 1.54) is 56.3 Å². The highest BCUT2D eigenvalue weighted by Gasteiger charge is 2.32. The molecule has 1 aliphatic heterocycles. The number of nitrogens with zero attached hydrogens (tertiary/aromatic N) is 1. The number of ether oxygens (including phenoxy) is 1. The minimum absolute atomic E-state index is 0.384. The summed E-state index contributed by atoms with van der Waals surface area (Å²) in [4.78, 5) is 2.71. The van der Waals surface area contributed by atoms with Crippen LogP contribution in [-0.2, 0) is 0 Å². The number of rotatable bonds is 6. The largest absolute Gasteiger partial charge is 0.494 e. The lowest BCUT2D eigenvalue weighted by Crippen LogP contribution is -2.47. The molecule has 2 aliphatic rings. The lowest BCUT2D eigenvalue weighted by molar-refractivity contribution is 0.121. The van der Waals surface area contributed by atoms with Crippen LogP contribution in [0.15, 0.2) is 60.2 Å². The fraction of sp³-hybridized carbons (Fsp3) is 0.462. The van der Waals surface area contributed by atoms with E-state index in [1.807, 2.05) is 6.92 Å². The second-order valence-electron chi connectivity index (χ2n) is 8.18. The standard InChI is InChI=1S/C26H33NO/c1-3-28-23-16-14-21(15-17-23)20(2)26(22-10-5-4-6-11-22)24-12-7-8-13-25(24)27-18-9-19-27/h4-6,10-11,14-17,20,25H,3,7-9,12-13,18-19H2,1-2H3/b26-24-. The van der Waals surface area contributed by atoms with Gasteiger partial charge in [-0.1, -0.05) is 55.8 Å². The van der Waals surface area contributed by atoms with E-state index in [-0.39, 0.29) is 0 Å². The highest BCUT2D eigenvalue weighted by atomic mass is 16.5. The third-order valence-corrected chi connectivity index (χ3v) is 6.46. The van der Waals surface area contributed by atoms with Gasteiger partial charge in [0, 0.05) is 12.0 Å². The summed E-state index contributed by atoms with van der Waals surface area (Å²) in [6.07, 6.45) is 6.61. The topological polar surface area (TPSA) is 12.5 Å². The Kier molecular flexibility index (Phi) is 6.17. The number of hydrogen-bond acceptors (Lipinski definition) is 2. The molecule has 0 radical (unpaired) electrons. The van der Waals surface area contributed by atoms with Crippen LogP contribution in [0.4, 0.5) is 0 Å². The van der Waals surface area contributed by atoms with Crippen LogP contribution < -0.4 is 4.74 Å². The van der Waals surface area contributed by atoms with E-state index < -0.39 is 0 Å². The van der Waals surface area contributed by atoms with Crippen LogP contribution in [0.3, 0.4) is 0 Å². The van der Waals surface area contributed by atoms with Crippen molar-refractivity contribution in [1.29, 1.82) is 0 Å². The van der Waals surface area contributed by atoms with Crippen molar-refractivity contribution < 1.29 is 4.74 Å². The van der Waals surface area contributed by atoms with Gasteiger partial charge in [0.1, 0.15) is 5.75 Å². The highest BCUT2D eigenvalue weighted by molar-refractivity contribution is 5.75. The molecular formula is C26H33NO. The van der Waals surface area contributed by atoms with E-state index in [2.05, 4.69) is 66.4 Å². The molecule has 0 amide bonds. The molecule has 0 bridgehead atoms. The van der Waals surface area contributed by atoms with Gasteiger partial charge in [-0.2, -0.15) is 0 Å². The van der Waals surface area contributed by atoms with E-state index in [0.29, 0.717) is 18.6 Å². The van der Waals surface area contributed by atoms with Crippen LogP contribution in [0.25, 0.3) is 5.57 Å². The molecule has 0 N–H and O–H groups in total. The highest BCUT2D eigenvalue weighted by Crippen LogP contribution is 2.42. The SMILES string of the molecule is CCOc1ccc(C(C)/C(=C2\CCCCC2N2CCC2)c2ccccc2)cc1. The summed E-state index contributed by atoms with van der Waals surface area (Å²) in [7, 11) is 0. The Bertz CT molecular complexity index is 789. The summed E-state index contributed by atoms with van der Waals surface area (Å²) in [6.45, 7) is 7.67. The number of hydrogen-bond donors (Lipinski definition) is 0. The fourth-order valence-corrected chi connectivity index (χ4v) is 4.88. The first-order valence-corrected chi connectivity index (χ1v) is 11.0. The Labute approximate surface area is 170 Å². The van der Waals surface area contributed by atoms with Gasteiger partial charge in [-0.25, -0.2) is 0 Å². The Morgan fingerprint density at radius 1 is 1.00 bits per heavy atom. The van der Waals surface area contributed by atoms with E-state index in [9.17, 15) is 0 Å². The molecule has 1 aliphatic carbocycles. The maximum atomic E-state index is 5.65. The van der Waals surface area contributed by atoms with Crippen molar-refractivity contribution >= 4 is 5.57 Å². The molecule has 0 aromatic heterocycles. The minimum Gasteiger partial charge on any atom is -0.494 e. The van der Waals surface area contributed by atoms with E-state index in [0.717, 1.165) is 5.75 Å². The van der Waals surface area contributed by atoms with Crippen LogP contribution >= 0.6 is 0 Å². The molecule has 1 heterocycles. The van der Waals surface area contributed by atoms with Gasteiger partial charge in [0.05, 0.1) is 6.61 Å². The maximum absolute atomic E-state index is 5.65.